The summed E-state index contributed by atoms with van der Waals surface area (Å²) in [5, 5.41) is 25.9. The molecule has 0 unspecified atom stereocenters. The fourth-order valence-corrected chi connectivity index (χ4v) is 2.34. The molecule has 0 heterocycles. The van der Waals surface area contributed by atoms with E-state index in [4.69, 9.17) is 15.9 Å². The zero-order valence-electron chi connectivity index (χ0n) is 15.9. The SMILES string of the molecule is Cc1ccc(C=NCC(=N)CN=Cc2ccc(OC(F)(F)F)c(C#N)c2)cc1C#N. The monoisotopic (exact) mass is 411 g/mol. The molecule has 0 saturated carbocycles. The van der Waals surface area contributed by atoms with Crippen molar-refractivity contribution in [3.05, 3.63) is 64.2 Å². The van der Waals surface area contributed by atoms with Crippen LogP contribution in [0.1, 0.15) is 27.8 Å². The standard InChI is InChI=1S/C21H16F3N5O/c1-14-2-3-15(6-17(14)8-25)10-28-12-19(27)13-29-11-16-4-5-20(18(7-16)9-26)30-21(22,23)24/h2-7,10-11,27H,12-13H2,1H3. The van der Waals surface area contributed by atoms with E-state index in [-0.39, 0.29) is 24.4 Å². The number of rotatable bonds is 7. The van der Waals surface area contributed by atoms with Gasteiger partial charge in [0.25, 0.3) is 0 Å². The Balaban J connectivity index is 1.93. The van der Waals surface area contributed by atoms with Crippen molar-refractivity contribution in [2.24, 2.45) is 9.98 Å². The van der Waals surface area contributed by atoms with Gasteiger partial charge in [0.05, 0.1) is 36.0 Å². The van der Waals surface area contributed by atoms with E-state index in [0.717, 1.165) is 17.2 Å². The van der Waals surface area contributed by atoms with Gasteiger partial charge in [-0.15, -0.1) is 13.2 Å². The normalized spacial score (nSPS) is 11.4. The highest BCUT2D eigenvalue weighted by atomic mass is 19.4. The van der Waals surface area contributed by atoms with Gasteiger partial charge in [0, 0.05) is 12.4 Å². The Morgan fingerprint density at radius 3 is 2.07 bits per heavy atom. The molecule has 0 saturated heterocycles. The van der Waals surface area contributed by atoms with E-state index in [0.29, 0.717) is 11.1 Å². The van der Waals surface area contributed by atoms with Crippen molar-refractivity contribution >= 4 is 18.1 Å². The van der Waals surface area contributed by atoms with Crippen LogP contribution in [0.15, 0.2) is 46.4 Å². The lowest BCUT2D eigenvalue weighted by Gasteiger charge is -2.10. The maximum absolute atomic E-state index is 12.3. The molecule has 0 aliphatic carbocycles. The number of alkyl halides is 3. The number of hydrogen-bond donors (Lipinski definition) is 1. The fourth-order valence-electron chi connectivity index (χ4n) is 2.34. The molecule has 0 amide bonds. The average molecular weight is 411 g/mol. The molecule has 9 heteroatoms. The van der Waals surface area contributed by atoms with Crippen molar-refractivity contribution in [3.8, 4) is 17.9 Å². The van der Waals surface area contributed by atoms with Gasteiger partial charge >= 0.3 is 6.36 Å². The van der Waals surface area contributed by atoms with Crippen molar-refractivity contribution < 1.29 is 17.9 Å². The molecule has 0 fully saturated rings. The summed E-state index contributed by atoms with van der Waals surface area (Å²) in [6.07, 6.45) is -1.96. The van der Waals surface area contributed by atoms with Crippen molar-refractivity contribution in [1.29, 1.82) is 15.9 Å². The number of ether oxygens (including phenoxy) is 1. The van der Waals surface area contributed by atoms with Gasteiger partial charge in [-0.2, -0.15) is 10.5 Å². The van der Waals surface area contributed by atoms with E-state index >= 15 is 0 Å². The highest BCUT2D eigenvalue weighted by Gasteiger charge is 2.32. The first-order valence-corrected chi connectivity index (χ1v) is 8.58. The molecule has 30 heavy (non-hydrogen) atoms. The summed E-state index contributed by atoms with van der Waals surface area (Å²) in [6, 6.07) is 12.7. The zero-order valence-corrected chi connectivity index (χ0v) is 15.9. The largest absolute Gasteiger partial charge is 0.573 e. The molecule has 2 aromatic carbocycles. The highest BCUT2D eigenvalue weighted by molar-refractivity contribution is 5.90. The Bertz CT molecular complexity index is 1080. The van der Waals surface area contributed by atoms with Crippen LogP contribution in [-0.2, 0) is 0 Å². The van der Waals surface area contributed by atoms with Crippen molar-refractivity contribution in [3.63, 3.8) is 0 Å². The van der Waals surface area contributed by atoms with E-state index in [9.17, 15) is 13.2 Å². The van der Waals surface area contributed by atoms with Crippen molar-refractivity contribution in [2.45, 2.75) is 13.3 Å². The van der Waals surface area contributed by atoms with Crippen LogP contribution in [0.2, 0.25) is 0 Å². The topological polar surface area (TPSA) is 105 Å². The number of halogens is 3. The third kappa shape index (κ3) is 6.88. The zero-order chi connectivity index (χ0) is 22.1. The van der Waals surface area contributed by atoms with E-state index in [1.807, 2.05) is 19.1 Å². The minimum absolute atomic E-state index is 0.0391. The molecule has 152 valence electrons. The summed E-state index contributed by atoms with van der Waals surface area (Å²) < 4.78 is 40.7. The van der Waals surface area contributed by atoms with Gasteiger partial charge in [-0.3, -0.25) is 9.98 Å². The Hall–Kier alpha value is -3.98. The maximum atomic E-state index is 12.3. The number of nitrogens with zero attached hydrogens (tertiary/aromatic N) is 4. The second kappa shape index (κ2) is 9.99. The molecule has 0 aliphatic rings. The van der Waals surface area contributed by atoms with Gasteiger partial charge in [0.2, 0.25) is 0 Å². The first-order chi connectivity index (χ1) is 14.2. The molecule has 0 radical (unpaired) electrons. The minimum atomic E-state index is -4.88. The number of nitriles is 2. The fraction of sp³-hybridized carbons (Fsp3) is 0.190. The molecule has 0 aromatic heterocycles. The molecule has 0 aliphatic heterocycles. The average Bonchev–Trinajstić information content (AvgIpc) is 2.69. The lowest BCUT2D eigenvalue weighted by Crippen LogP contribution is -2.17. The quantitative estimate of drug-likeness (QED) is 0.690. The van der Waals surface area contributed by atoms with Gasteiger partial charge in [0.1, 0.15) is 11.8 Å². The Morgan fingerprint density at radius 1 is 1.00 bits per heavy atom. The highest BCUT2D eigenvalue weighted by Crippen LogP contribution is 2.26. The lowest BCUT2D eigenvalue weighted by molar-refractivity contribution is -0.274. The van der Waals surface area contributed by atoms with E-state index in [1.54, 1.807) is 18.4 Å². The summed E-state index contributed by atoms with van der Waals surface area (Å²) in [5.74, 6) is -0.583. The van der Waals surface area contributed by atoms with E-state index in [1.165, 1.54) is 18.3 Å². The van der Waals surface area contributed by atoms with Crippen LogP contribution in [0, 0.1) is 35.0 Å². The van der Waals surface area contributed by atoms with Crippen LogP contribution in [0.3, 0.4) is 0 Å². The number of aliphatic imine (C=N–C) groups is 2. The summed E-state index contributed by atoms with van der Waals surface area (Å²) >= 11 is 0. The molecular formula is C21H16F3N5O. The second-order valence-corrected chi connectivity index (χ2v) is 6.14. The van der Waals surface area contributed by atoms with E-state index in [2.05, 4.69) is 20.8 Å². The van der Waals surface area contributed by atoms with Crippen molar-refractivity contribution in [1.82, 2.24) is 0 Å². The van der Waals surface area contributed by atoms with Crippen molar-refractivity contribution in [2.75, 3.05) is 13.1 Å². The third-order valence-corrected chi connectivity index (χ3v) is 3.78. The molecule has 2 rings (SSSR count). The van der Waals surface area contributed by atoms with Crippen LogP contribution < -0.4 is 4.74 Å². The first-order valence-electron chi connectivity index (χ1n) is 8.58. The molecule has 0 bridgehead atoms. The number of benzene rings is 2. The lowest BCUT2D eigenvalue weighted by atomic mass is 10.1. The Morgan fingerprint density at radius 2 is 1.53 bits per heavy atom. The van der Waals surface area contributed by atoms with Crippen LogP contribution in [0.5, 0.6) is 5.75 Å². The predicted molar refractivity (Wildman–Crippen MR) is 106 cm³/mol. The van der Waals surface area contributed by atoms with Crippen LogP contribution in [-0.4, -0.2) is 37.6 Å². The maximum Gasteiger partial charge on any atom is 0.573 e. The molecule has 0 spiro atoms. The van der Waals surface area contributed by atoms with Crippen LogP contribution in [0.4, 0.5) is 13.2 Å². The first kappa shape index (κ1) is 22.3. The summed E-state index contributed by atoms with van der Waals surface area (Å²) in [7, 11) is 0. The number of nitrogens with one attached hydrogen (secondary N) is 1. The smallest absolute Gasteiger partial charge is 0.404 e. The number of hydrogen-bond acceptors (Lipinski definition) is 6. The third-order valence-electron chi connectivity index (χ3n) is 3.78. The summed E-state index contributed by atoms with van der Waals surface area (Å²) in [5.41, 5.74) is 2.52. The van der Waals surface area contributed by atoms with Crippen LogP contribution >= 0.6 is 0 Å². The van der Waals surface area contributed by atoms with Gasteiger partial charge < -0.3 is 10.1 Å². The Labute approximate surface area is 171 Å². The van der Waals surface area contributed by atoms with Gasteiger partial charge in [-0.25, -0.2) is 0 Å². The van der Waals surface area contributed by atoms with Gasteiger partial charge in [0.15, 0.2) is 0 Å². The second-order valence-electron chi connectivity index (χ2n) is 6.14. The summed E-state index contributed by atoms with van der Waals surface area (Å²) in [6.45, 7) is 1.98. The molecule has 1 N–H and O–H groups in total. The summed E-state index contributed by atoms with van der Waals surface area (Å²) in [4.78, 5) is 8.19. The van der Waals surface area contributed by atoms with Gasteiger partial charge in [-0.1, -0.05) is 12.1 Å². The molecule has 0 atom stereocenters. The molecule has 2 aromatic rings. The minimum Gasteiger partial charge on any atom is -0.404 e. The van der Waals surface area contributed by atoms with E-state index < -0.39 is 12.1 Å². The predicted octanol–water partition coefficient (Wildman–Crippen LogP) is 4.19. The van der Waals surface area contributed by atoms with Gasteiger partial charge in [-0.05, 0) is 47.9 Å². The Kier molecular flexibility index (Phi) is 7.43. The number of aryl methyl sites for hydroxylation is 1. The van der Waals surface area contributed by atoms with Crippen LogP contribution in [0.25, 0.3) is 0 Å². The molecular weight excluding hydrogens is 395 g/mol. The molecule has 6 nitrogen and oxygen atoms in total.